The van der Waals surface area contributed by atoms with Crippen molar-refractivity contribution in [1.82, 2.24) is 4.72 Å². The van der Waals surface area contributed by atoms with Crippen molar-refractivity contribution in [3.63, 3.8) is 0 Å². The first kappa shape index (κ1) is 19.4. The van der Waals surface area contributed by atoms with E-state index < -0.39 is 37.4 Å². The van der Waals surface area contributed by atoms with E-state index in [0.29, 0.717) is 4.31 Å². The van der Waals surface area contributed by atoms with Gasteiger partial charge in [0.05, 0.1) is 28.3 Å². The van der Waals surface area contributed by atoms with Crippen molar-refractivity contribution in [1.29, 1.82) is 5.26 Å². The van der Waals surface area contributed by atoms with Gasteiger partial charge in [-0.3, -0.25) is 4.79 Å². The molecule has 0 saturated carbocycles. The third-order valence-electron chi connectivity index (χ3n) is 3.71. The molecular formula is C15H19N3O5S2. The molecule has 1 aliphatic rings. The molecule has 0 radical (unpaired) electrons. The highest BCUT2D eigenvalue weighted by atomic mass is 32.2. The molecule has 1 atom stereocenters. The van der Waals surface area contributed by atoms with E-state index in [1.807, 2.05) is 6.07 Å². The Kier molecular flexibility index (Phi) is 4.71. The molecule has 1 saturated heterocycles. The molecule has 1 aromatic rings. The predicted molar refractivity (Wildman–Crippen MR) is 91.6 cm³/mol. The van der Waals surface area contributed by atoms with E-state index in [0.717, 1.165) is 0 Å². The molecule has 1 amide bonds. The van der Waals surface area contributed by atoms with E-state index in [4.69, 9.17) is 5.26 Å². The number of nitrogens with zero attached hydrogens (tertiary/aromatic N) is 2. The van der Waals surface area contributed by atoms with E-state index in [1.165, 1.54) is 45.9 Å². The number of anilines is 1. The molecule has 1 heterocycles. The molecule has 0 aliphatic carbocycles. The van der Waals surface area contributed by atoms with Gasteiger partial charge in [0.2, 0.25) is 26.0 Å². The summed E-state index contributed by atoms with van der Waals surface area (Å²) < 4.78 is 52.2. The maximum absolute atomic E-state index is 12.4. The van der Waals surface area contributed by atoms with Crippen LogP contribution in [-0.4, -0.2) is 34.0 Å². The van der Waals surface area contributed by atoms with Crippen molar-refractivity contribution < 1.29 is 21.6 Å². The monoisotopic (exact) mass is 385 g/mol. The Labute approximate surface area is 147 Å². The number of sulfonamides is 2. The summed E-state index contributed by atoms with van der Waals surface area (Å²) in [7, 11) is -7.74. The van der Waals surface area contributed by atoms with Gasteiger partial charge in [0, 0.05) is 0 Å². The van der Waals surface area contributed by atoms with Gasteiger partial charge >= 0.3 is 0 Å². The van der Waals surface area contributed by atoms with Crippen molar-refractivity contribution in [2.45, 2.75) is 38.1 Å². The molecule has 25 heavy (non-hydrogen) atoms. The van der Waals surface area contributed by atoms with E-state index >= 15 is 0 Å². The molecule has 10 heteroatoms. The second-order valence-corrected chi connectivity index (χ2v) is 10.1. The number of rotatable bonds is 4. The second kappa shape index (κ2) is 6.09. The van der Waals surface area contributed by atoms with E-state index in [2.05, 4.69) is 4.72 Å². The van der Waals surface area contributed by atoms with Gasteiger partial charge in [-0.2, -0.15) is 9.98 Å². The van der Waals surface area contributed by atoms with Gasteiger partial charge < -0.3 is 0 Å². The van der Waals surface area contributed by atoms with Gasteiger partial charge in [-0.05, 0) is 44.5 Å². The van der Waals surface area contributed by atoms with Crippen LogP contribution in [0.15, 0.2) is 23.1 Å². The van der Waals surface area contributed by atoms with Crippen molar-refractivity contribution >= 4 is 31.6 Å². The molecule has 0 spiro atoms. The Balaban J connectivity index is 2.47. The van der Waals surface area contributed by atoms with Gasteiger partial charge in [-0.25, -0.2) is 21.1 Å². The van der Waals surface area contributed by atoms with Crippen molar-refractivity contribution in [2.24, 2.45) is 5.92 Å². The van der Waals surface area contributed by atoms with Gasteiger partial charge in [0.15, 0.2) is 0 Å². The van der Waals surface area contributed by atoms with Crippen molar-refractivity contribution in [3.05, 3.63) is 23.8 Å². The van der Waals surface area contributed by atoms with Crippen LogP contribution in [0.5, 0.6) is 0 Å². The Morgan fingerprint density at radius 2 is 1.96 bits per heavy atom. The molecule has 1 N–H and O–H groups in total. The van der Waals surface area contributed by atoms with E-state index in [-0.39, 0.29) is 21.9 Å². The number of nitrogens with one attached hydrogen (secondary N) is 1. The number of hydrogen-bond donors (Lipinski definition) is 1. The second-order valence-electron chi connectivity index (χ2n) is 6.57. The normalized spacial score (nSPS) is 20.5. The lowest BCUT2D eigenvalue weighted by Gasteiger charge is -2.20. The summed E-state index contributed by atoms with van der Waals surface area (Å²) in [5.74, 6) is -1.46. The summed E-state index contributed by atoms with van der Waals surface area (Å²) in [6, 6.07) is 5.68. The molecule has 1 aliphatic heterocycles. The standard InChI is InChI=1S/C15H19N3O5S2/c1-10-7-12(18-14(19)11(2)8-24(18,20)21)5-6-13(10)25(22,23)17-15(3,4)9-16/h5-7,11,17H,8H2,1-4H3. The number of aryl methyl sites for hydroxylation is 1. The minimum Gasteiger partial charge on any atom is -0.273 e. The lowest BCUT2D eigenvalue weighted by Crippen LogP contribution is -2.42. The highest BCUT2D eigenvalue weighted by molar-refractivity contribution is 7.94. The summed E-state index contributed by atoms with van der Waals surface area (Å²) >= 11 is 0. The molecule has 1 fully saturated rings. The predicted octanol–water partition coefficient (Wildman–Crippen LogP) is 0.888. The largest absolute Gasteiger partial charge is 0.273 e. The zero-order valence-corrected chi connectivity index (χ0v) is 15.9. The molecule has 1 unspecified atom stereocenters. The zero-order chi connectivity index (χ0) is 19.2. The summed E-state index contributed by atoms with van der Waals surface area (Å²) in [4.78, 5) is 12.0. The van der Waals surface area contributed by atoms with Crippen LogP contribution in [0, 0.1) is 24.2 Å². The maximum atomic E-state index is 12.4. The third kappa shape index (κ3) is 3.68. The Bertz CT molecular complexity index is 975. The summed E-state index contributed by atoms with van der Waals surface area (Å²) in [6.45, 7) is 5.86. The molecule has 8 nitrogen and oxygen atoms in total. The van der Waals surface area contributed by atoms with Gasteiger partial charge in [-0.15, -0.1) is 0 Å². The first-order valence-electron chi connectivity index (χ1n) is 7.43. The average Bonchev–Trinajstić information content (AvgIpc) is 2.65. The van der Waals surface area contributed by atoms with Crippen molar-refractivity contribution in [3.8, 4) is 6.07 Å². The molecule has 136 valence electrons. The van der Waals surface area contributed by atoms with E-state index in [9.17, 15) is 21.6 Å². The number of nitriles is 1. The number of amides is 1. The summed E-state index contributed by atoms with van der Waals surface area (Å²) in [5.41, 5.74) is -0.931. The molecule has 1 aromatic carbocycles. The quantitative estimate of drug-likeness (QED) is 0.820. The van der Waals surface area contributed by atoms with Crippen LogP contribution in [0.2, 0.25) is 0 Å². The Morgan fingerprint density at radius 3 is 2.40 bits per heavy atom. The Morgan fingerprint density at radius 1 is 1.36 bits per heavy atom. The van der Waals surface area contributed by atoms with Crippen LogP contribution in [0.4, 0.5) is 5.69 Å². The smallest absolute Gasteiger partial charge is 0.244 e. The fourth-order valence-electron chi connectivity index (χ4n) is 2.56. The van der Waals surface area contributed by atoms with Gasteiger partial charge in [0.25, 0.3) is 0 Å². The van der Waals surface area contributed by atoms with Crippen LogP contribution in [-0.2, 0) is 24.8 Å². The van der Waals surface area contributed by atoms with Gasteiger partial charge in [-0.1, -0.05) is 6.92 Å². The third-order valence-corrected chi connectivity index (χ3v) is 7.40. The van der Waals surface area contributed by atoms with Crippen molar-refractivity contribution in [2.75, 3.05) is 10.1 Å². The van der Waals surface area contributed by atoms with Crippen LogP contribution >= 0.6 is 0 Å². The highest BCUT2D eigenvalue weighted by Gasteiger charge is 2.42. The fraction of sp³-hybridized carbons (Fsp3) is 0.467. The number of carbonyl (C=O) groups is 1. The topological polar surface area (TPSA) is 124 Å². The minimum absolute atomic E-state index is 0.0864. The van der Waals surface area contributed by atoms with Crippen LogP contribution in [0.1, 0.15) is 26.3 Å². The zero-order valence-electron chi connectivity index (χ0n) is 14.3. The fourth-order valence-corrected chi connectivity index (χ4v) is 5.93. The van der Waals surface area contributed by atoms with Crippen LogP contribution in [0.25, 0.3) is 0 Å². The maximum Gasteiger partial charge on any atom is 0.244 e. The molecule has 0 aromatic heterocycles. The molecule has 0 bridgehead atoms. The molecule has 2 rings (SSSR count). The first-order valence-corrected chi connectivity index (χ1v) is 10.5. The van der Waals surface area contributed by atoms with Crippen LogP contribution in [0.3, 0.4) is 0 Å². The van der Waals surface area contributed by atoms with Gasteiger partial charge in [0.1, 0.15) is 5.54 Å². The SMILES string of the molecule is Cc1cc(N2C(=O)C(C)CS2(=O)=O)ccc1S(=O)(=O)NC(C)(C)C#N. The Hall–Kier alpha value is -1.96. The number of carbonyl (C=O) groups excluding carboxylic acids is 1. The highest BCUT2D eigenvalue weighted by Crippen LogP contribution is 2.30. The number of benzene rings is 1. The number of hydrogen-bond acceptors (Lipinski definition) is 6. The molecular weight excluding hydrogens is 366 g/mol. The van der Waals surface area contributed by atoms with E-state index in [1.54, 1.807) is 0 Å². The lowest BCUT2D eigenvalue weighted by atomic mass is 10.1. The summed E-state index contributed by atoms with van der Waals surface area (Å²) in [6.07, 6.45) is 0. The average molecular weight is 385 g/mol. The summed E-state index contributed by atoms with van der Waals surface area (Å²) in [5, 5.41) is 8.99. The first-order chi connectivity index (χ1) is 11.3. The minimum atomic E-state index is -3.98. The lowest BCUT2D eigenvalue weighted by molar-refractivity contribution is -0.119. The van der Waals surface area contributed by atoms with Crippen LogP contribution < -0.4 is 9.03 Å².